The quantitative estimate of drug-likeness (QED) is 0.159. The Hall–Kier alpha value is -5.68. The predicted octanol–water partition coefficient (Wildman–Crippen LogP) is 8.57. The van der Waals surface area contributed by atoms with E-state index in [0.29, 0.717) is 0 Å². The zero-order chi connectivity index (χ0) is 33.8. The second kappa shape index (κ2) is 19.1. The van der Waals surface area contributed by atoms with Crippen LogP contribution in [0.5, 0.6) is 0 Å². The fraction of sp³-hybridized carbons (Fsp3) is 0. The van der Waals surface area contributed by atoms with Crippen LogP contribution < -0.4 is 9.97 Å². The van der Waals surface area contributed by atoms with E-state index in [2.05, 4.69) is 76.3 Å². The van der Waals surface area contributed by atoms with E-state index in [1.54, 1.807) is 49.3 Å². The fourth-order valence-electron chi connectivity index (χ4n) is 5.16. The number of hydrogen-bond acceptors (Lipinski definition) is 6. The van der Waals surface area contributed by atoms with Crippen molar-refractivity contribution in [3.05, 3.63) is 183 Å². The molecule has 0 saturated carbocycles. The molecule has 0 fully saturated rings. The second-order valence-corrected chi connectivity index (χ2v) is 10.7. The molecule has 10 rings (SSSR count). The Bertz CT molecular complexity index is 2190. The van der Waals surface area contributed by atoms with Crippen LogP contribution in [0.1, 0.15) is 0 Å². The maximum Gasteiger partial charge on any atom is 2.00 e. The van der Waals surface area contributed by atoms with Crippen molar-refractivity contribution in [1.82, 2.24) is 39.9 Å². The minimum absolute atomic E-state index is 0. The Morgan fingerprint density at radius 1 is 0.346 bits per heavy atom. The van der Waals surface area contributed by atoms with Gasteiger partial charge >= 0.3 is 42.1 Å². The van der Waals surface area contributed by atoms with Crippen LogP contribution in [-0.2, 0) is 42.1 Å². The molecule has 8 nitrogen and oxygen atoms in total. The molecule has 10 aromatic rings. The SMILES string of the molecule is [Pt+2].[Pt+2].[c-]1ccccc1-c1ncccn1.[c-]1ccccc1-c1ncccn1.c1ccc2c(c1)[n-]c1ncccc12.c1ccc2c(c1)[n-]c1ncccc12. The van der Waals surface area contributed by atoms with E-state index in [4.69, 9.17) is 0 Å². The third-order valence-corrected chi connectivity index (χ3v) is 7.45. The first-order valence-electron chi connectivity index (χ1n) is 15.8. The Labute approximate surface area is 329 Å². The summed E-state index contributed by atoms with van der Waals surface area (Å²) in [5.41, 5.74) is 5.58. The molecule has 4 aromatic carbocycles. The number of rotatable bonds is 2. The molecular formula is C42H28N8Pt2. The predicted molar refractivity (Wildman–Crippen MR) is 198 cm³/mol. The number of pyridine rings is 2. The fourth-order valence-corrected chi connectivity index (χ4v) is 5.16. The number of hydrogen-bond donors (Lipinski definition) is 0. The molecule has 52 heavy (non-hydrogen) atoms. The number of para-hydroxylation sites is 2. The van der Waals surface area contributed by atoms with Gasteiger partial charge in [0.25, 0.3) is 0 Å². The van der Waals surface area contributed by atoms with E-state index in [1.165, 1.54) is 10.8 Å². The summed E-state index contributed by atoms with van der Waals surface area (Å²) in [5, 5.41) is 4.65. The number of aromatic nitrogens is 8. The van der Waals surface area contributed by atoms with Crippen molar-refractivity contribution in [3.8, 4) is 22.8 Å². The summed E-state index contributed by atoms with van der Waals surface area (Å²) in [6.45, 7) is 0. The first-order chi connectivity index (χ1) is 24.8. The number of benzene rings is 4. The van der Waals surface area contributed by atoms with Gasteiger partial charge in [-0.3, -0.25) is 19.9 Å². The van der Waals surface area contributed by atoms with E-state index in [-0.39, 0.29) is 42.1 Å². The Morgan fingerprint density at radius 2 is 0.712 bits per heavy atom. The van der Waals surface area contributed by atoms with Gasteiger partial charge in [-0.05, 0) is 44.7 Å². The number of fused-ring (bicyclic) bond motifs is 6. The Kier molecular flexibility index (Phi) is 13.8. The van der Waals surface area contributed by atoms with Gasteiger partial charge in [-0.2, -0.15) is 0 Å². The molecule has 0 bridgehead atoms. The molecule has 10 heteroatoms. The van der Waals surface area contributed by atoms with E-state index < -0.39 is 0 Å². The molecule has 0 aliphatic heterocycles. The van der Waals surface area contributed by atoms with Crippen molar-refractivity contribution >= 4 is 43.9 Å². The standard InChI is InChI=1S/2C11H7N2.2C10H7N2.2Pt/c2*1-2-6-10-8(4-1)9-5-3-7-12-11(9)13-10;2*1-2-5-9(6-3-1)10-11-7-4-8-12-10;;/h2*1-7H;2*1-5,7-8H;;/q4*-1;2*+2. The molecule has 0 atom stereocenters. The largest absolute Gasteiger partial charge is 2.00 e. The minimum Gasteiger partial charge on any atom is -0.442 e. The zero-order valence-corrected chi connectivity index (χ0v) is 31.9. The van der Waals surface area contributed by atoms with Crippen LogP contribution in [0, 0.1) is 12.1 Å². The van der Waals surface area contributed by atoms with Gasteiger partial charge in [-0.1, -0.05) is 96.5 Å². The van der Waals surface area contributed by atoms with E-state index in [9.17, 15) is 0 Å². The van der Waals surface area contributed by atoms with Crippen LogP contribution in [0.4, 0.5) is 0 Å². The smallest absolute Gasteiger partial charge is 0.442 e. The molecule has 0 radical (unpaired) electrons. The van der Waals surface area contributed by atoms with Gasteiger partial charge in [-0.15, -0.1) is 71.8 Å². The third kappa shape index (κ3) is 9.35. The summed E-state index contributed by atoms with van der Waals surface area (Å²) in [6.07, 6.45) is 10.4. The van der Waals surface area contributed by atoms with Gasteiger partial charge in [-0.25, -0.2) is 0 Å². The van der Waals surface area contributed by atoms with Gasteiger partial charge in [0, 0.05) is 24.8 Å². The first-order valence-corrected chi connectivity index (χ1v) is 15.8. The average Bonchev–Trinajstić information content (AvgIpc) is 3.79. The van der Waals surface area contributed by atoms with Crippen molar-refractivity contribution in [3.63, 3.8) is 0 Å². The summed E-state index contributed by atoms with van der Waals surface area (Å²) in [6, 6.07) is 49.2. The van der Waals surface area contributed by atoms with Gasteiger partial charge in [0.15, 0.2) is 0 Å². The van der Waals surface area contributed by atoms with Crippen LogP contribution in [0.3, 0.4) is 0 Å². The molecule has 0 N–H and O–H groups in total. The Morgan fingerprint density at radius 3 is 1.12 bits per heavy atom. The van der Waals surface area contributed by atoms with Gasteiger partial charge in [0.2, 0.25) is 0 Å². The summed E-state index contributed by atoms with van der Waals surface area (Å²) in [7, 11) is 0. The van der Waals surface area contributed by atoms with Crippen molar-refractivity contribution in [2.24, 2.45) is 0 Å². The van der Waals surface area contributed by atoms with Crippen LogP contribution in [0.25, 0.3) is 66.6 Å². The molecule has 0 saturated heterocycles. The monoisotopic (exact) mass is 1030 g/mol. The topological polar surface area (TPSA) is 106 Å². The summed E-state index contributed by atoms with van der Waals surface area (Å²) in [4.78, 5) is 33.6. The van der Waals surface area contributed by atoms with E-state index in [0.717, 1.165) is 55.9 Å². The normalized spacial score (nSPS) is 10.0. The molecule has 0 spiro atoms. The molecule has 0 amide bonds. The summed E-state index contributed by atoms with van der Waals surface area (Å²) in [5.74, 6) is 1.44. The van der Waals surface area contributed by atoms with Crippen LogP contribution in [-0.4, -0.2) is 29.9 Å². The van der Waals surface area contributed by atoms with Crippen LogP contribution in [0.2, 0.25) is 0 Å². The molecule has 6 aromatic heterocycles. The van der Waals surface area contributed by atoms with Crippen molar-refractivity contribution in [2.45, 2.75) is 0 Å². The van der Waals surface area contributed by atoms with E-state index >= 15 is 0 Å². The summed E-state index contributed by atoms with van der Waals surface area (Å²) >= 11 is 0. The molecule has 0 unspecified atom stereocenters. The first kappa shape index (κ1) is 37.6. The van der Waals surface area contributed by atoms with Gasteiger partial charge < -0.3 is 19.9 Å². The maximum atomic E-state index is 4.40. The zero-order valence-electron chi connectivity index (χ0n) is 27.4. The number of nitrogens with zero attached hydrogens (tertiary/aromatic N) is 8. The molecule has 0 aliphatic carbocycles. The third-order valence-electron chi connectivity index (χ3n) is 7.45. The van der Waals surface area contributed by atoms with Crippen molar-refractivity contribution < 1.29 is 42.1 Å². The minimum atomic E-state index is 0. The average molecular weight is 1030 g/mol. The van der Waals surface area contributed by atoms with Crippen LogP contribution in [0.15, 0.2) is 171 Å². The molecule has 0 aliphatic rings. The molecule has 6 heterocycles. The van der Waals surface area contributed by atoms with Gasteiger partial charge in [0.05, 0.1) is 11.6 Å². The summed E-state index contributed by atoms with van der Waals surface area (Å²) < 4.78 is 0. The van der Waals surface area contributed by atoms with Crippen molar-refractivity contribution in [1.29, 1.82) is 0 Å². The molecule has 256 valence electrons. The molecular weight excluding hydrogens is 1010 g/mol. The second-order valence-electron chi connectivity index (χ2n) is 10.7. The van der Waals surface area contributed by atoms with Gasteiger partial charge in [0.1, 0.15) is 0 Å². The van der Waals surface area contributed by atoms with E-state index in [1.807, 2.05) is 97.1 Å². The maximum absolute atomic E-state index is 4.40. The Balaban J connectivity index is 0.000000132. The van der Waals surface area contributed by atoms with Crippen molar-refractivity contribution in [2.75, 3.05) is 0 Å². The van der Waals surface area contributed by atoms with Crippen LogP contribution >= 0.6 is 0 Å².